The van der Waals surface area contributed by atoms with Crippen LogP contribution in [0.3, 0.4) is 0 Å². The molecular formula is C21H18ClFN2O4. The molecule has 0 aliphatic rings. The Balaban J connectivity index is 1.76. The Hall–Kier alpha value is -3.19. The van der Waals surface area contributed by atoms with E-state index in [1.807, 2.05) is 0 Å². The number of ether oxygens (including phenoxy) is 1. The van der Waals surface area contributed by atoms with Crippen molar-refractivity contribution >= 4 is 29.2 Å². The molecule has 0 atom stereocenters. The van der Waals surface area contributed by atoms with Gasteiger partial charge in [0.15, 0.2) is 6.61 Å². The fraction of sp³-hybridized carbons (Fsp3) is 0.190. The molecule has 0 N–H and O–H groups in total. The third-order valence-electron chi connectivity index (χ3n) is 4.28. The van der Waals surface area contributed by atoms with Gasteiger partial charge in [0.1, 0.15) is 22.8 Å². The first kappa shape index (κ1) is 20.5. The summed E-state index contributed by atoms with van der Waals surface area (Å²) in [5.74, 6) is -1.34. The summed E-state index contributed by atoms with van der Waals surface area (Å²) in [6.45, 7) is 3.18. The van der Waals surface area contributed by atoms with E-state index in [9.17, 15) is 14.0 Å². The number of halogens is 2. The zero-order valence-electron chi connectivity index (χ0n) is 15.8. The van der Waals surface area contributed by atoms with E-state index in [0.29, 0.717) is 22.8 Å². The predicted octanol–water partition coefficient (Wildman–Crippen LogP) is 4.65. The number of likely N-dealkylation sites (N-methyl/N-ethyl adjacent to an activating group) is 1. The van der Waals surface area contributed by atoms with Gasteiger partial charge in [0.2, 0.25) is 0 Å². The standard InChI is InChI=1S/C21H18ClFN2O4/c1-3-25(15-10-8-14(23)9-11-15)18(26)12-28-21(27)19-13(2)29-24-20(19)16-6-4-5-7-17(16)22/h4-11H,3,12H2,1-2H3. The third-order valence-corrected chi connectivity index (χ3v) is 4.61. The van der Waals surface area contributed by atoms with Gasteiger partial charge in [-0.15, -0.1) is 0 Å². The second-order valence-electron chi connectivity index (χ2n) is 6.13. The summed E-state index contributed by atoms with van der Waals surface area (Å²) < 4.78 is 23.5. The number of anilines is 1. The van der Waals surface area contributed by atoms with E-state index < -0.39 is 24.3 Å². The molecular weight excluding hydrogens is 399 g/mol. The number of esters is 1. The fourth-order valence-corrected chi connectivity index (χ4v) is 3.08. The maximum absolute atomic E-state index is 13.1. The average Bonchev–Trinajstić information content (AvgIpc) is 3.09. The first-order valence-corrected chi connectivity index (χ1v) is 9.24. The molecule has 2 aromatic carbocycles. The van der Waals surface area contributed by atoms with Gasteiger partial charge in [0.25, 0.3) is 5.91 Å². The Morgan fingerprint density at radius 2 is 1.86 bits per heavy atom. The maximum Gasteiger partial charge on any atom is 0.344 e. The zero-order valence-corrected chi connectivity index (χ0v) is 16.6. The number of carbonyl (C=O) groups is 2. The van der Waals surface area contributed by atoms with E-state index in [0.717, 1.165) is 0 Å². The quantitative estimate of drug-likeness (QED) is 0.547. The molecule has 3 aromatic rings. The van der Waals surface area contributed by atoms with Crippen LogP contribution in [0.4, 0.5) is 10.1 Å². The van der Waals surface area contributed by atoms with Crippen molar-refractivity contribution in [1.82, 2.24) is 5.16 Å². The molecule has 0 aliphatic heterocycles. The average molecular weight is 417 g/mol. The van der Waals surface area contributed by atoms with Crippen molar-refractivity contribution in [2.45, 2.75) is 13.8 Å². The van der Waals surface area contributed by atoms with Crippen LogP contribution in [0.2, 0.25) is 5.02 Å². The second kappa shape index (κ2) is 8.87. The van der Waals surface area contributed by atoms with Crippen LogP contribution in [-0.2, 0) is 9.53 Å². The van der Waals surface area contributed by atoms with E-state index in [2.05, 4.69) is 5.16 Å². The van der Waals surface area contributed by atoms with Crippen LogP contribution in [0, 0.1) is 12.7 Å². The molecule has 1 aromatic heterocycles. The number of hydrogen-bond acceptors (Lipinski definition) is 5. The van der Waals surface area contributed by atoms with Gasteiger partial charge in [-0.05, 0) is 44.2 Å². The molecule has 0 bridgehead atoms. The van der Waals surface area contributed by atoms with E-state index in [1.165, 1.54) is 29.2 Å². The molecule has 0 spiro atoms. The molecule has 150 valence electrons. The minimum Gasteiger partial charge on any atom is -0.452 e. The molecule has 1 amide bonds. The molecule has 0 radical (unpaired) electrons. The summed E-state index contributed by atoms with van der Waals surface area (Å²) in [5.41, 5.74) is 1.38. The van der Waals surface area contributed by atoms with E-state index >= 15 is 0 Å². The van der Waals surface area contributed by atoms with Crippen molar-refractivity contribution in [2.24, 2.45) is 0 Å². The van der Waals surface area contributed by atoms with Gasteiger partial charge in [-0.1, -0.05) is 35.0 Å². The van der Waals surface area contributed by atoms with Crippen LogP contribution in [0.5, 0.6) is 0 Å². The molecule has 0 fully saturated rings. The number of rotatable bonds is 6. The highest BCUT2D eigenvalue weighted by atomic mass is 35.5. The Kier molecular flexibility index (Phi) is 6.29. The first-order valence-electron chi connectivity index (χ1n) is 8.86. The molecule has 0 saturated heterocycles. The molecule has 8 heteroatoms. The van der Waals surface area contributed by atoms with Crippen molar-refractivity contribution in [3.8, 4) is 11.3 Å². The fourth-order valence-electron chi connectivity index (χ4n) is 2.85. The largest absolute Gasteiger partial charge is 0.452 e. The summed E-state index contributed by atoms with van der Waals surface area (Å²) in [6, 6.07) is 12.4. The summed E-state index contributed by atoms with van der Waals surface area (Å²) in [4.78, 5) is 26.6. The number of benzene rings is 2. The van der Waals surface area contributed by atoms with Gasteiger partial charge in [-0.2, -0.15) is 0 Å². The lowest BCUT2D eigenvalue weighted by Gasteiger charge is -2.20. The van der Waals surface area contributed by atoms with Crippen molar-refractivity contribution < 1.29 is 23.2 Å². The number of aromatic nitrogens is 1. The van der Waals surface area contributed by atoms with Crippen LogP contribution in [0.15, 0.2) is 53.1 Å². The molecule has 0 unspecified atom stereocenters. The van der Waals surface area contributed by atoms with E-state index in [1.54, 1.807) is 38.1 Å². The lowest BCUT2D eigenvalue weighted by Crippen LogP contribution is -2.34. The third kappa shape index (κ3) is 4.46. The Morgan fingerprint density at radius 3 is 2.52 bits per heavy atom. The lowest BCUT2D eigenvalue weighted by molar-refractivity contribution is -0.121. The van der Waals surface area contributed by atoms with Gasteiger partial charge in [0, 0.05) is 17.8 Å². The van der Waals surface area contributed by atoms with Crippen molar-refractivity contribution in [1.29, 1.82) is 0 Å². The minimum absolute atomic E-state index is 0.107. The van der Waals surface area contributed by atoms with Crippen LogP contribution in [-0.4, -0.2) is 30.2 Å². The summed E-state index contributed by atoms with van der Waals surface area (Å²) in [7, 11) is 0. The summed E-state index contributed by atoms with van der Waals surface area (Å²) >= 11 is 6.19. The molecule has 0 aliphatic carbocycles. The van der Waals surface area contributed by atoms with Crippen molar-refractivity contribution in [2.75, 3.05) is 18.1 Å². The number of amides is 1. The van der Waals surface area contributed by atoms with Gasteiger partial charge < -0.3 is 14.2 Å². The Bertz CT molecular complexity index is 1030. The van der Waals surface area contributed by atoms with E-state index in [4.69, 9.17) is 20.9 Å². The van der Waals surface area contributed by atoms with Crippen LogP contribution in [0.1, 0.15) is 23.0 Å². The number of hydrogen-bond donors (Lipinski definition) is 0. The maximum atomic E-state index is 13.1. The highest BCUT2D eigenvalue weighted by Gasteiger charge is 2.25. The predicted molar refractivity (Wildman–Crippen MR) is 106 cm³/mol. The molecule has 3 rings (SSSR count). The molecule has 6 nitrogen and oxygen atoms in total. The second-order valence-corrected chi connectivity index (χ2v) is 6.54. The Morgan fingerprint density at radius 1 is 1.17 bits per heavy atom. The molecule has 0 saturated carbocycles. The van der Waals surface area contributed by atoms with Crippen LogP contribution >= 0.6 is 11.6 Å². The Labute approximate surface area is 171 Å². The van der Waals surface area contributed by atoms with Crippen LogP contribution in [0.25, 0.3) is 11.3 Å². The zero-order chi connectivity index (χ0) is 21.0. The monoisotopic (exact) mass is 416 g/mol. The number of carbonyl (C=O) groups excluding carboxylic acids is 2. The van der Waals surface area contributed by atoms with Crippen LogP contribution < -0.4 is 4.90 Å². The SMILES string of the molecule is CCN(C(=O)COC(=O)c1c(-c2ccccc2Cl)noc1C)c1ccc(F)cc1. The first-order chi connectivity index (χ1) is 13.9. The smallest absolute Gasteiger partial charge is 0.344 e. The van der Waals surface area contributed by atoms with Gasteiger partial charge >= 0.3 is 5.97 Å². The normalized spacial score (nSPS) is 10.6. The van der Waals surface area contributed by atoms with Crippen molar-refractivity contribution in [3.05, 3.63) is 70.7 Å². The highest BCUT2D eigenvalue weighted by Crippen LogP contribution is 2.31. The summed E-state index contributed by atoms with van der Waals surface area (Å²) in [6.07, 6.45) is 0. The topological polar surface area (TPSA) is 72.6 Å². The van der Waals surface area contributed by atoms with Gasteiger partial charge in [0.05, 0.1) is 5.02 Å². The molecule has 1 heterocycles. The summed E-state index contributed by atoms with van der Waals surface area (Å²) in [5, 5.41) is 4.31. The van der Waals surface area contributed by atoms with Gasteiger partial charge in [-0.3, -0.25) is 4.79 Å². The lowest BCUT2D eigenvalue weighted by atomic mass is 10.1. The van der Waals surface area contributed by atoms with E-state index in [-0.39, 0.29) is 17.0 Å². The van der Waals surface area contributed by atoms with Crippen molar-refractivity contribution in [3.63, 3.8) is 0 Å². The van der Waals surface area contributed by atoms with Gasteiger partial charge in [-0.25, -0.2) is 9.18 Å². The highest BCUT2D eigenvalue weighted by molar-refractivity contribution is 6.33. The molecule has 29 heavy (non-hydrogen) atoms. The number of nitrogens with zero attached hydrogens (tertiary/aromatic N) is 2. The minimum atomic E-state index is -0.748. The number of aryl methyl sites for hydroxylation is 1.